The highest BCUT2D eigenvalue weighted by Gasteiger charge is 2.33. The molecule has 0 aliphatic carbocycles. The molecule has 270 valence electrons. The summed E-state index contributed by atoms with van der Waals surface area (Å²) in [6.45, 7) is 3.44. The molecule has 0 spiro atoms. The van der Waals surface area contributed by atoms with Crippen LogP contribution in [0.2, 0.25) is 0 Å². The summed E-state index contributed by atoms with van der Waals surface area (Å²) in [6.07, 6.45) is 1.60. The second kappa shape index (κ2) is 17.4. The van der Waals surface area contributed by atoms with Crippen molar-refractivity contribution < 1.29 is 37.0 Å². The number of rotatable bonds is 14. The van der Waals surface area contributed by atoms with Crippen LogP contribution >= 0.6 is 0 Å². The fraction of sp³-hybridized carbons (Fsp3) is 0.417. The van der Waals surface area contributed by atoms with Gasteiger partial charge in [0, 0.05) is 43.6 Å². The number of hydrogen-bond donors (Lipinski definition) is 4. The van der Waals surface area contributed by atoms with Crippen LogP contribution in [0.1, 0.15) is 51.5 Å². The molecular formula is C36H46FN5O7S. The Balaban J connectivity index is 1.41. The van der Waals surface area contributed by atoms with Crippen LogP contribution < -0.4 is 21.1 Å². The van der Waals surface area contributed by atoms with Crippen molar-refractivity contribution in [2.24, 2.45) is 5.92 Å². The number of sulfonamides is 1. The second-order valence-corrected chi connectivity index (χ2v) is 14.7. The molecular weight excluding hydrogens is 665 g/mol. The van der Waals surface area contributed by atoms with Crippen LogP contribution in [0.25, 0.3) is 0 Å². The lowest BCUT2D eigenvalue weighted by Gasteiger charge is -2.33. The van der Waals surface area contributed by atoms with Gasteiger partial charge in [-0.1, -0.05) is 25.5 Å². The molecule has 0 unspecified atom stereocenters. The number of aliphatic hydroxyl groups excluding tert-OH is 1. The van der Waals surface area contributed by atoms with Crippen LogP contribution in [0.3, 0.4) is 0 Å². The maximum Gasteiger partial charge on any atom is 0.242 e. The monoisotopic (exact) mass is 711 g/mol. The molecule has 3 atom stereocenters. The molecule has 1 heterocycles. The molecule has 3 aromatic rings. The Bertz CT molecular complexity index is 1760. The van der Waals surface area contributed by atoms with Crippen molar-refractivity contribution in [2.75, 3.05) is 43.1 Å². The molecule has 4 rings (SSSR count). The maximum atomic E-state index is 13.5. The quantitative estimate of drug-likeness (QED) is 0.141. The molecule has 0 radical (unpaired) electrons. The minimum Gasteiger partial charge on any atom is -0.488 e. The molecule has 0 fully saturated rings. The van der Waals surface area contributed by atoms with Gasteiger partial charge in [0.15, 0.2) is 0 Å². The summed E-state index contributed by atoms with van der Waals surface area (Å²) in [5.41, 5.74) is 7.89. The predicted octanol–water partition coefficient (Wildman–Crippen LogP) is 4.41. The Morgan fingerprint density at radius 1 is 1.04 bits per heavy atom. The minimum absolute atomic E-state index is 0.0662. The number of carbonyl (C=O) groups excluding carboxylic acids is 3. The van der Waals surface area contributed by atoms with Gasteiger partial charge in [0.05, 0.1) is 41.9 Å². The van der Waals surface area contributed by atoms with Crippen LogP contribution in [0.5, 0.6) is 5.75 Å². The third-order valence-corrected chi connectivity index (χ3v) is 10.5. The fourth-order valence-corrected chi connectivity index (χ4v) is 6.84. The number of para-hydroxylation sites is 2. The number of nitrogen functional groups attached to an aromatic ring is 1. The maximum absolute atomic E-state index is 13.5. The van der Waals surface area contributed by atoms with Crippen molar-refractivity contribution >= 4 is 44.8 Å². The number of ether oxygens (including phenoxy) is 1. The summed E-state index contributed by atoms with van der Waals surface area (Å²) >= 11 is 0. The number of likely N-dealkylation sites (N-methyl/N-ethyl adjacent to an activating group) is 1. The lowest BCUT2D eigenvalue weighted by molar-refractivity contribution is -0.134. The highest BCUT2D eigenvalue weighted by molar-refractivity contribution is 7.89. The van der Waals surface area contributed by atoms with E-state index in [1.807, 2.05) is 6.92 Å². The molecule has 50 heavy (non-hydrogen) atoms. The number of hydrogen-bond acceptors (Lipinski definition) is 8. The molecule has 0 saturated carbocycles. The topological polar surface area (TPSA) is 171 Å². The summed E-state index contributed by atoms with van der Waals surface area (Å²) in [6, 6.07) is 16.1. The van der Waals surface area contributed by atoms with E-state index in [0.717, 1.165) is 16.4 Å². The lowest BCUT2D eigenvalue weighted by Crippen LogP contribution is -2.48. The van der Waals surface area contributed by atoms with E-state index in [9.17, 15) is 32.3 Å². The van der Waals surface area contributed by atoms with Gasteiger partial charge in [0.25, 0.3) is 0 Å². The van der Waals surface area contributed by atoms with E-state index in [-0.39, 0.29) is 61.1 Å². The third-order valence-electron chi connectivity index (χ3n) is 8.70. The zero-order valence-corrected chi connectivity index (χ0v) is 29.4. The van der Waals surface area contributed by atoms with Gasteiger partial charge in [0.1, 0.15) is 17.7 Å². The van der Waals surface area contributed by atoms with Gasteiger partial charge in [-0.2, -0.15) is 4.31 Å². The van der Waals surface area contributed by atoms with Crippen LogP contribution in [0.15, 0.2) is 71.6 Å². The highest BCUT2D eigenvalue weighted by atomic mass is 32.2. The first-order valence-electron chi connectivity index (χ1n) is 16.6. The van der Waals surface area contributed by atoms with E-state index < -0.39 is 28.0 Å². The van der Waals surface area contributed by atoms with Crippen molar-refractivity contribution in [1.29, 1.82) is 0 Å². The highest BCUT2D eigenvalue weighted by Crippen LogP contribution is 2.30. The molecule has 14 heteroatoms. The van der Waals surface area contributed by atoms with E-state index in [1.165, 1.54) is 19.2 Å². The van der Waals surface area contributed by atoms with Crippen molar-refractivity contribution in [1.82, 2.24) is 9.21 Å². The van der Waals surface area contributed by atoms with Gasteiger partial charge in [0.2, 0.25) is 27.7 Å². The van der Waals surface area contributed by atoms with Crippen LogP contribution in [0.4, 0.5) is 21.5 Å². The summed E-state index contributed by atoms with van der Waals surface area (Å²) in [7, 11) is -2.58. The summed E-state index contributed by atoms with van der Waals surface area (Å²) in [4.78, 5) is 40.1. The van der Waals surface area contributed by atoms with Gasteiger partial charge in [-0.3, -0.25) is 14.4 Å². The Hall–Kier alpha value is -4.53. The predicted molar refractivity (Wildman–Crippen MR) is 189 cm³/mol. The van der Waals surface area contributed by atoms with Gasteiger partial charge < -0.3 is 31.1 Å². The van der Waals surface area contributed by atoms with E-state index in [4.69, 9.17) is 10.5 Å². The zero-order valence-electron chi connectivity index (χ0n) is 28.6. The van der Waals surface area contributed by atoms with Crippen LogP contribution in [-0.4, -0.2) is 79.3 Å². The van der Waals surface area contributed by atoms with Crippen molar-refractivity contribution in [3.63, 3.8) is 0 Å². The molecule has 3 aromatic carbocycles. The largest absolute Gasteiger partial charge is 0.488 e. The van der Waals surface area contributed by atoms with Crippen molar-refractivity contribution in [3.05, 3.63) is 78.1 Å². The van der Waals surface area contributed by atoms with Gasteiger partial charge in [-0.25, -0.2) is 12.8 Å². The summed E-state index contributed by atoms with van der Waals surface area (Å²) in [5, 5.41) is 15.6. The average molecular weight is 712 g/mol. The molecule has 5 N–H and O–H groups in total. The smallest absolute Gasteiger partial charge is 0.242 e. The molecule has 0 saturated heterocycles. The van der Waals surface area contributed by atoms with Crippen LogP contribution in [-0.2, 0) is 30.8 Å². The number of anilines is 3. The summed E-state index contributed by atoms with van der Waals surface area (Å²) in [5.74, 6) is -1.16. The first-order chi connectivity index (χ1) is 23.8. The Morgan fingerprint density at radius 2 is 1.70 bits per heavy atom. The average Bonchev–Trinajstić information content (AvgIpc) is 3.12. The Labute approximate surface area is 292 Å². The van der Waals surface area contributed by atoms with E-state index in [2.05, 4.69) is 10.6 Å². The molecule has 1 aliphatic heterocycles. The number of nitrogens with one attached hydrogen (secondary N) is 2. The molecule has 12 nitrogen and oxygen atoms in total. The minimum atomic E-state index is -3.99. The number of aliphatic hydroxyl groups is 1. The zero-order chi connectivity index (χ0) is 36.4. The van der Waals surface area contributed by atoms with Gasteiger partial charge in [-0.15, -0.1) is 0 Å². The number of nitrogens with two attached hydrogens (primary N) is 1. The number of nitrogens with zero attached hydrogens (tertiary/aromatic N) is 2. The molecule has 1 aliphatic rings. The Morgan fingerprint density at radius 3 is 2.36 bits per heavy atom. The van der Waals surface area contributed by atoms with Gasteiger partial charge >= 0.3 is 0 Å². The number of benzene rings is 3. The normalized spacial score (nSPS) is 17.2. The SMILES string of the molecule is C[C@H](CO)N1C[C@H](C)[C@H](CN(C)S(=O)(=O)c2ccc(F)cc2)Oc2ccc(NC(=O)CCCCCC(=O)Nc3ccccc3N)cc2CC1=O. The number of carbonyl (C=O) groups is 3. The fourth-order valence-electron chi connectivity index (χ4n) is 5.66. The standard InChI is InChI=1S/C36H46FN5O7S/c1-24-21-42(25(2)23-43)36(46)20-26-19-28(39-34(44)11-5-4-6-12-35(45)40-31-10-8-7-9-30(31)38)15-18-32(26)49-33(24)22-41(3)50(47,48)29-16-13-27(37)14-17-29/h7-10,13-19,24-25,33,43H,4-6,11-12,20-23,38H2,1-3H3,(H,39,44)(H,40,45)/t24-,25+,33-/m0/s1. The third kappa shape index (κ3) is 10.2. The van der Waals surface area contributed by atoms with Crippen molar-refractivity contribution in [2.45, 2.75) is 69.4 Å². The van der Waals surface area contributed by atoms with Crippen LogP contribution in [0, 0.1) is 11.7 Å². The first-order valence-corrected chi connectivity index (χ1v) is 18.1. The number of fused-ring (bicyclic) bond motifs is 1. The lowest BCUT2D eigenvalue weighted by atomic mass is 10.0. The van der Waals surface area contributed by atoms with Crippen molar-refractivity contribution in [3.8, 4) is 5.75 Å². The first kappa shape index (κ1) is 38.3. The van der Waals surface area contributed by atoms with Gasteiger partial charge in [-0.05, 0) is 74.4 Å². The number of amides is 3. The number of halogens is 1. The van der Waals surface area contributed by atoms with E-state index in [0.29, 0.717) is 54.1 Å². The Kier molecular flexibility index (Phi) is 13.3. The summed E-state index contributed by atoms with van der Waals surface area (Å²) < 4.78 is 47.7. The second-order valence-electron chi connectivity index (χ2n) is 12.7. The molecule has 3 amide bonds. The molecule has 0 bridgehead atoms. The van der Waals surface area contributed by atoms with E-state index in [1.54, 1.807) is 54.3 Å². The number of unbranched alkanes of at least 4 members (excludes halogenated alkanes) is 2. The van der Waals surface area contributed by atoms with E-state index >= 15 is 0 Å². The molecule has 0 aromatic heterocycles.